The number of rotatable bonds is 4. The molecular formula is C14H26N2O2. The zero-order chi connectivity index (χ0) is 12.8. The van der Waals surface area contributed by atoms with Crippen LogP contribution in [0.25, 0.3) is 0 Å². The van der Waals surface area contributed by atoms with Crippen molar-refractivity contribution in [1.82, 2.24) is 10.4 Å². The number of likely N-dealkylation sites (tertiary alicyclic amines) is 1. The van der Waals surface area contributed by atoms with Crippen LogP contribution in [0, 0.1) is 0 Å². The third kappa shape index (κ3) is 3.95. The molecule has 1 atom stereocenters. The van der Waals surface area contributed by atoms with Gasteiger partial charge in [-0.3, -0.25) is 9.63 Å². The highest BCUT2D eigenvalue weighted by Crippen LogP contribution is 2.20. The summed E-state index contributed by atoms with van der Waals surface area (Å²) < 4.78 is 0. The van der Waals surface area contributed by atoms with Crippen LogP contribution in [0.1, 0.15) is 58.3 Å². The van der Waals surface area contributed by atoms with Gasteiger partial charge in [-0.1, -0.05) is 25.7 Å². The van der Waals surface area contributed by atoms with Gasteiger partial charge in [0.25, 0.3) is 0 Å². The van der Waals surface area contributed by atoms with Crippen molar-refractivity contribution in [2.75, 3.05) is 13.1 Å². The zero-order valence-electron chi connectivity index (χ0n) is 11.5. The minimum absolute atomic E-state index is 0.190. The average molecular weight is 254 g/mol. The van der Waals surface area contributed by atoms with Gasteiger partial charge in [0.05, 0.1) is 6.10 Å². The van der Waals surface area contributed by atoms with Gasteiger partial charge in [-0.15, -0.1) is 0 Å². The fraction of sp³-hybridized carbons (Fsp3) is 0.929. The number of nitrogens with one attached hydrogen (secondary N) is 1. The number of nitrogens with zero attached hydrogens (tertiary/aromatic N) is 1. The number of carbonyl (C=O) groups excluding carboxylic acids is 1. The molecule has 4 heteroatoms. The number of carbonyl (C=O) groups is 1. The summed E-state index contributed by atoms with van der Waals surface area (Å²) in [6.45, 7) is 3.73. The highest BCUT2D eigenvalue weighted by Gasteiger charge is 2.23. The molecule has 1 unspecified atom stereocenters. The molecule has 0 aromatic carbocycles. The van der Waals surface area contributed by atoms with Crippen LogP contribution in [0.15, 0.2) is 0 Å². The molecule has 0 aromatic rings. The van der Waals surface area contributed by atoms with Crippen molar-refractivity contribution in [3.63, 3.8) is 0 Å². The molecule has 104 valence electrons. The van der Waals surface area contributed by atoms with Crippen LogP contribution in [0.2, 0.25) is 0 Å². The molecule has 0 spiro atoms. The average Bonchev–Trinajstić information content (AvgIpc) is 2.75. The first-order valence-corrected chi connectivity index (χ1v) is 7.47. The highest BCUT2D eigenvalue weighted by atomic mass is 16.7. The normalized spacial score (nSPS) is 23.9. The molecule has 0 bridgehead atoms. The van der Waals surface area contributed by atoms with Gasteiger partial charge >= 0.3 is 0 Å². The Morgan fingerprint density at radius 3 is 2.33 bits per heavy atom. The maximum absolute atomic E-state index is 12.2. The summed E-state index contributed by atoms with van der Waals surface area (Å²) in [7, 11) is 0. The van der Waals surface area contributed by atoms with Gasteiger partial charge in [0, 0.05) is 13.1 Å². The van der Waals surface area contributed by atoms with E-state index in [4.69, 9.17) is 4.84 Å². The second-order valence-corrected chi connectivity index (χ2v) is 5.60. The van der Waals surface area contributed by atoms with Gasteiger partial charge in [-0.05, 0) is 32.6 Å². The lowest BCUT2D eigenvalue weighted by atomic mass is 10.2. The van der Waals surface area contributed by atoms with E-state index in [1.54, 1.807) is 0 Å². The SMILES string of the molecule is CC(NOC1CCCC1)C(=O)N1CCCCCC1. The maximum atomic E-state index is 12.2. The summed E-state index contributed by atoms with van der Waals surface area (Å²) in [4.78, 5) is 19.8. The van der Waals surface area contributed by atoms with Crippen molar-refractivity contribution in [1.29, 1.82) is 0 Å². The number of hydrogen-bond donors (Lipinski definition) is 1. The summed E-state index contributed by atoms with van der Waals surface area (Å²) in [5.74, 6) is 0.190. The van der Waals surface area contributed by atoms with Crippen LogP contribution in [0.5, 0.6) is 0 Å². The number of hydrogen-bond acceptors (Lipinski definition) is 3. The first kappa shape index (κ1) is 13.8. The van der Waals surface area contributed by atoms with Crippen LogP contribution >= 0.6 is 0 Å². The summed E-state index contributed by atoms with van der Waals surface area (Å²) in [6.07, 6.45) is 9.85. The molecule has 4 nitrogen and oxygen atoms in total. The van der Waals surface area contributed by atoms with Crippen LogP contribution < -0.4 is 5.48 Å². The van der Waals surface area contributed by atoms with Crippen molar-refractivity contribution in [3.05, 3.63) is 0 Å². The molecular weight excluding hydrogens is 228 g/mol. The molecule has 1 saturated heterocycles. The van der Waals surface area contributed by atoms with Crippen LogP contribution in [-0.2, 0) is 9.63 Å². The minimum Gasteiger partial charge on any atom is -0.341 e. The highest BCUT2D eigenvalue weighted by molar-refractivity contribution is 5.81. The van der Waals surface area contributed by atoms with E-state index < -0.39 is 0 Å². The molecule has 0 aromatic heterocycles. The fourth-order valence-electron chi connectivity index (χ4n) is 2.82. The van der Waals surface area contributed by atoms with Gasteiger partial charge in [0.1, 0.15) is 6.04 Å². The Morgan fingerprint density at radius 2 is 1.72 bits per heavy atom. The minimum atomic E-state index is -0.219. The molecule has 1 aliphatic carbocycles. The molecule has 1 N–H and O–H groups in total. The Bertz CT molecular complexity index is 257. The molecule has 2 rings (SSSR count). The standard InChI is InChI=1S/C14H26N2O2/c1-12(15-18-13-8-4-5-9-13)14(17)16-10-6-2-3-7-11-16/h12-13,15H,2-11H2,1H3. The summed E-state index contributed by atoms with van der Waals surface area (Å²) in [5.41, 5.74) is 2.95. The summed E-state index contributed by atoms with van der Waals surface area (Å²) >= 11 is 0. The van der Waals surface area contributed by atoms with Gasteiger partial charge < -0.3 is 4.90 Å². The Hall–Kier alpha value is -0.610. The molecule has 2 fully saturated rings. The van der Waals surface area contributed by atoms with Crippen LogP contribution in [0.3, 0.4) is 0 Å². The smallest absolute Gasteiger partial charge is 0.241 e. The van der Waals surface area contributed by atoms with E-state index in [0.717, 1.165) is 38.8 Å². The molecule has 18 heavy (non-hydrogen) atoms. The maximum Gasteiger partial charge on any atom is 0.241 e. The predicted octanol–water partition coefficient (Wildman–Crippen LogP) is 2.24. The number of amides is 1. The third-order valence-electron chi connectivity index (χ3n) is 4.00. The molecule has 0 radical (unpaired) electrons. The molecule has 1 amide bonds. The van der Waals surface area contributed by atoms with Crippen molar-refractivity contribution >= 4 is 5.91 Å². The van der Waals surface area contributed by atoms with E-state index in [1.165, 1.54) is 25.7 Å². The molecule has 1 heterocycles. The third-order valence-corrected chi connectivity index (χ3v) is 4.00. The van der Waals surface area contributed by atoms with Crippen LogP contribution in [-0.4, -0.2) is 36.0 Å². The molecule has 1 aliphatic heterocycles. The first-order valence-electron chi connectivity index (χ1n) is 7.47. The van der Waals surface area contributed by atoms with E-state index in [2.05, 4.69) is 5.48 Å². The first-order chi connectivity index (χ1) is 8.77. The monoisotopic (exact) mass is 254 g/mol. The van der Waals surface area contributed by atoms with Crippen molar-refractivity contribution < 1.29 is 9.63 Å². The Morgan fingerprint density at radius 1 is 1.11 bits per heavy atom. The van der Waals surface area contributed by atoms with Crippen molar-refractivity contribution in [2.24, 2.45) is 0 Å². The van der Waals surface area contributed by atoms with E-state index in [-0.39, 0.29) is 11.9 Å². The van der Waals surface area contributed by atoms with Crippen molar-refractivity contribution in [2.45, 2.75) is 70.4 Å². The zero-order valence-corrected chi connectivity index (χ0v) is 11.5. The van der Waals surface area contributed by atoms with Crippen molar-refractivity contribution in [3.8, 4) is 0 Å². The summed E-state index contributed by atoms with van der Waals surface area (Å²) in [5, 5.41) is 0. The molecule has 2 aliphatic rings. The lowest BCUT2D eigenvalue weighted by molar-refractivity contribution is -0.139. The van der Waals surface area contributed by atoms with E-state index >= 15 is 0 Å². The Labute approximate surface area is 110 Å². The van der Waals surface area contributed by atoms with Gasteiger partial charge in [0.2, 0.25) is 5.91 Å². The molecule has 1 saturated carbocycles. The number of hydroxylamine groups is 1. The van der Waals surface area contributed by atoms with E-state index in [1.807, 2.05) is 11.8 Å². The lowest BCUT2D eigenvalue weighted by Crippen LogP contribution is -2.46. The Balaban J connectivity index is 1.72. The quantitative estimate of drug-likeness (QED) is 0.782. The van der Waals surface area contributed by atoms with E-state index in [0.29, 0.717) is 6.10 Å². The lowest BCUT2D eigenvalue weighted by Gasteiger charge is -2.25. The van der Waals surface area contributed by atoms with E-state index in [9.17, 15) is 4.79 Å². The topological polar surface area (TPSA) is 41.6 Å². The van der Waals surface area contributed by atoms with Gasteiger partial charge in [-0.2, -0.15) is 5.48 Å². The second-order valence-electron chi connectivity index (χ2n) is 5.60. The van der Waals surface area contributed by atoms with Crippen LogP contribution in [0.4, 0.5) is 0 Å². The summed E-state index contributed by atoms with van der Waals surface area (Å²) in [6, 6.07) is -0.219. The predicted molar refractivity (Wildman–Crippen MR) is 71.0 cm³/mol. The largest absolute Gasteiger partial charge is 0.341 e. The fourth-order valence-corrected chi connectivity index (χ4v) is 2.82. The Kier molecular flexibility index (Phi) is 5.45. The van der Waals surface area contributed by atoms with Gasteiger partial charge in [0.15, 0.2) is 0 Å². The second kappa shape index (κ2) is 7.10. The van der Waals surface area contributed by atoms with Gasteiger partial charge in [-0.25, -0.2) is 0 Å².